The second-order valence-corrected chi connectivity index (χ2v) is 6.35. The summed E-state index contributed by atoms with van der Waals surface area (Å²) < 4.78 is 0. The number of carboxylic acid groups (broad SMARTS) is 1. The van der Waals surface area contributed by atoms with Crippen LogP contribution in [0.3, 0.4) is 0 Å². The van der Waals surface area contributed by atoms with Gasteiger partial charge in [-0.25, -0.2) is 4.89 Å². The van der Waals surface area contributed by atoms with Crippen molar-refractivity contribution in [2.75, 3.05) is 6.61 Å². The van der Waals surface area contributed by atoms with Crippen molar-refractivity contribution < 1.29 is 24.6 Å². The molecule has 3 N–H and O–H groups in total. The Morgan fingerprint density at radius 1 is 0.917 bits per heavy atom. The number of hydrogen-bond donors (Lipinski definition) is 2. The third-order valence-corrected chi connectivity index (χ3v) is 4.25. The van der Waals surface area contributed by atoms with E-state index in [9.17, 15) is 14.7 Å². The lowest BCUT2D eigenvalue weighted by Gasteiger charge is -2.11. The smallest absolute Gasteiger partial charge is 0.314 e. The zero-order valence-electron chi connectivity index (χ0n) is 15.1. The van der Waals surface area contributed by atoms with Crippen LogP contribution in [0.2, 0.25) is 0 Å². The number of Topliss-reactive ketones (excluding diaryl/α,β-unsaturated/α-hetero) is 1. The Hall–Kier alpha value is -0.980. The fourth-order valence-corrected chi connectivity index (χ4v) is 2.76. The lowest BCUT2D eigenvalue weighted by molar-refractivity contribution is -0.299. The predicted octanol–water partition coefficient (Wildman–Crippen LogP) is 4.17. The van der Waals surface area contributed by atoms with Gasteiger partial charge in [0.05, 0.1) is 6.61 Å². The van der Waals surface area contributed by atoms with Gasteiger partial charge in [-0.1, -0.05) is 58.3 Å². The monoisotopic (exact) mass is 345 g/mol. The largest absolute Gasteiger partial charge is 0.481 e. The normalized spacial score (nSPS) is 12.2. The third-order valence-electron chi connectivity index (χ3n) is 4.25. The number of aliphatic carboxylic acids is 1. The Morgan fingerprint density at radius 3 is 2.04 bits per heavy atom. The number of carboxylic acids is 1. The lowest BCUT2D eigenvalue weighted by Crippen LogP contribution is -2.23. The minimum atomic E-state index is -1.02. The average molecular weight is 345 g/mol. The highest BCUT2D eigenvalue weighted by molar-refractivity contribution is 5.98. The molecule has 0 rings (SSSR count). The van der Waals surface area contributed by atoms with E-state index in [1.807, 2.05) is 0 Å². The summed E-state index contributed by atoms with van der Waals surface area (Å²) in [4.78, 5) is 31.8. The Bertz CT molecular complexity index is 323. The molecule has 0 aliphatic rings. The van der Waals surface area contributed by atoms with E-state index in [4.69, 9.17) is 5.90 Å². The molecule has 0 heterocycles. The molecular weight excluding hydrogens is 310 g/mol. The fraction of sp³-hybridized carbons (Fsp3) is 0.889. The Labute approximate surface area is 146 Å². The summed E-state index contributed by atoms with van der Waals surface area (Å²) in [7, 11) is 0. The molecule has 1 unspecified atom stereocenters. The predicted molar refractivity (Wildman–Crippen MR) is 93.1 cm³/mol. The van der Waals surface area contributed by atoms with Crippen molar-refractivity contribution >= 4 is 11.8 Å². The second kappa shape index (κ2) is 16.9. The van der Waals surface area contributed by atoms with Gasteiger partial charge in [-0.3, -0.25) is 9.59 Å². The molecule has 0 saturated carbocycles. The maximum Gasteiger partial charge on any atom is 0.314 e. The number of hydrogen-bond acceptors (Lipinski definition) is 5. The molecule has 0 aromatic heterocycles. The molecule has 6 heteroatoms. The van der Waals surface area contributed by atoms with Gasteiger partial charge < -0.3 is 5.11 Å². The molecule has 0 aliphatic heterocycles. The van der Waals surface area contributed by atoms with Gasteiger partial charge in [-0.15, -0.1) is 4.99 Å². The summed E-state index contributed by atoms with van der Waals surface area (Å²) in [6.07, 6.45) is 12.5. The van der Waals surface area contributed by atoms with Crippen LogP contribution in [-0.2, 0) is 19.5 Å². The van der Waals surface area contributed by atoms with E-state index >= 15 is 0 Å². The first kappa shape index (κ1) is 23.0. The molecule has 0 amide bonds. The summed E-state index contributed by atoms with van der Waals surface area (Å²) in [6.45, 7) is 2.51. The van der Waals surface area contributed by atoms with Crippen molar-refractivity contribution in [3.05, 3.63) is 0 Å². The standard InChI is InChI=1S/C18H35NO5/c1-2-3-4-5-6-7-8-9-10-14-17(20)16(18(21)22)13-11-12-15-23-24-19/h16H,2-15,19H2,1H3,(H,21,22). The molecule has 0 radical (unpaired) electrons. The number of carbonyl (C=O) groups is 2. The number of nitrogens with two attached hydrogens (primary N) is 1. The van der Waals surface area contributed by atoms with Crippen LogP contribution >= 0.6 is 0 Å². The van der Waals surface area contributed by atoms with Crippen molar-refractivity contribution in [2.24, 2.45) is 11.8 Å². The molecule has 0 aliphatic carbocycles. The first-order chi connectivity index (χ1) is 11.6. The van der Waals surface area contributed by atoms with Gasteiger partial charge in [0.1, 0.15) is 11.7 Å². The van der Waals surface area contributed by atoms with Crippen molar-refractivity contribution in [1.82, 2.24) is 0 Å². The van der Waals surface area contributed by atoms with Gasteiger partial charge in [0, 0.05) is 6.42 Å². The summed E-state index contributed by atoms with van der Waals surface area (Å²) in [5.41, 5.74) is 0. The van der Waals surface area contributed by atoms with Crippen molar-refractivity contribution in [1.29, 1.82) is 0 Å². The number of ketones is 1. The zero-order chi connectivity index (χ0) is 18.0. The van der Waals surface area contributed by atoms with Crippen LogP contribution in [-0.4, -0.2) is 23.5 Å². The molecule has 0 fully saturated rings. The molecule has 0 bridgehead atoms. The van der Waals surface area contributed by atoms with Gasteiger partial charge in [0.2, 0.25) is 0 Å². The second-order valence-electron chi connectivity index (χ2n) is 6.35. The quantitative estimate of drug-likeness (QED) is 0.167. The van der Waals surface area contributed by atoms with Crippen LogP contribution in [0, 0.1) is 5.92 Å². The van der Waals surface area contributed by atoms with Crippen molar-refractivity contribution in [3.8, 4) is 0 Å². The molecule has 142 valence electrons. The van der Waals surface area contributed by atoms with E-state index in [1.165, 1.54) is 38.5 Å². The van der Waals surface area contributed by atoms with Crippen molar-refractivity contribution in [3.63, 3.8) is 0 Å². The van der Waals surface area contributed by atoms with Gasteiger partial charge in [-0.05, 0) is 25.7 Å². The van der Waals surface area contributed by atoms with E-state index in [1.54, 1.807) is 0 Å². The molecule has 0 aromatic carbocycles. The van der Waals surface area contributed by atoms with E-state index in [2.05, 4.69) is 16.8 Å². The van der Waals surface area contributed by atoms with Crippen LogP contribution in [0.1, 0.15) is 90.4 Å². The van der Waals surface area contributed by atoms with Crippen molar-refractivity contribution in [2.45, 2.75) is 90.4 Å². The molecule has 1 atom stereocenters. The molecule has 24 heavy (non-hydrogen) atoms. The molecule has 0 aromatic rings. The van der Waals surface area contributed by atoms with Crippen LogP contribution in [0.5, 0.6) is 0 Å². The highest BCUT2D eigenvalue weighted by Crippen LogP contribution is 2.16. The van der Waals surface area contributed by atoms with Gasteiger partial charge in [0.25, 0.3) is 0 Å². The first-order valence-corrected chi connectivity index (χ1v) is 9.37. The fourth-order valence-electron chi connectivity index (χ4n) is 2.76. The number of rotatable bonds is 18. The first-order valence-electron chi connectivity index (χ1n) is 9.37. The van der Waals surface area contributed by atoms with E-state index in [-0.39, 0.29) is 5.78 Å². The molecule has 6 nitrogen and oxygen atoms in total. The maximum absolute atomic E-state index is 12.1. The SMILES string of the molecule is CCCCCCCCCCCC(=O)C(CCCCOON)C(=O)O. The highest BCUT2D eigenvalue weighted by Gasteiger charge is 2.24. The Morgan fingerprint density at radius 2 is 1.50 bits per heavy atom. The Balaban J connectivity index is 3.70. The average Bonchev–Trinajstić information content (AvgIpc) is 2.56. The summed E-state index contributed by atoms with van der Waals surface area (Å²) >= 11 is 0. The van der Waals surface area contributed by atoms with E-state index in [0.29, 0.717) is 32.3 Å². The van der Waals surface area contributed by atoms with Crippen LogP contribution in [0.15, 0.2) is 0 Å². The number of carbonyl (C=O) groups excluding carboxylic acids is 1. The van der Waals surface area contributed by atoms with Gasteiger partial charge in [-0.2, -0.15) is 5.90 Å². The maximum atomic E-state index is 12.1. The minimum absolute atomic E-state index is 0.151. The van der Waals surface area contributed by atoms with E-state index < -0.39 is 11.9 Å². The van der Waals surface area contributed by atoms with Crippen LogP contribution in [0.4, 0.5) is 0 Å². The zero-order valence-corrected chi connectivity index (χ0v) is 15.1. The molecular formula is C18H35NO5. The Kier molecular flexibility index (Phi) is 16.2. The summed E-state index contributed by atoms with van der Waals surface area (Å²) in [5.74, 6) is 2.65. The van der Waals surface area contributed by atoms with Crippen LogP contribution in [0.25, 0.3) is 0 Å². The lowest BCUT2D eigenvalue weighted by atomic mass is 9.93. The molecule has 0 saturated heterocycles. The topological polar surface area (TPSA) is 98.9 Å². The third kappa shape index (κ3) is 13.5. The molecule has 0 spiro atoms. The van der Waals surface area contributed by atoms with Gasteiger partial charge >= 0.3 is 5.97 Å². The summed E-state index contributed by atoms with van der Waals surface area (Å²) in [5, 5.41) is 9.19. The highest BCUT2D eigenvalue weighted by atomic mass is 17.3. The van der Waals surface area contributed by atoms with E-state index in [0.717, 1.165) is 19.3 Å². The summed E-state index contributed by atoms with van der Waals surface area (Å²) in [6, 6.07) is 0. The van der Waals surface area contributed by atoms with Crippen LogP contribution < -0.4 is 5.90 Å². The minimum Gasteiger partial charge on any atom is -0.481 e. The van der Waals surface area contributed by atoms with Gasteiger partial charge in [0.15, 0.2) is 0 Å². The number of unbranched alkanes of at least 4 members (excludes halogenated alkanes) is 9.